The van der Waals surface area contributed by atoms with Gasteiger partial charge in [0.15, 0.2) is 0 Å². The van der Waals surface area contributed by atoms with Gasteiger partial charge in [-0.2, -0.15) is 0 Å². The van der Waals surface area contributed by atoms with Crippen molar-refractivity contribution in [3.8, 4) is 0 Å². The molecule has 0 spiro atoms. The van der Waals surface area contributed by atoms with Crippen molar-refractivity contribution in [3.63, 3.8) is 0 Å². The largest absolute Gasteiger partial charge is 0.469 e. The van der Waals surface area contributed by atoms with E-state index in [0.29, 0.717) is 22.0 Å². The lowest BCUT2D eigenvalue weighted by Crippen LogP contribution is -2.34. The summed E-state index contributed by atoms with van der Waals surface area (Å²) < 4.78 is 19.2. The van der Waals surface area contributed by atoms with Crippen LogP contribution in [0.3, 0.4) is 0 Å². The quantitative estimate of drug-likeness (QED) is 0.558. The summed E-state index contributed by atoms with van der Waals surface area (Å²) in [5, 5.41) is 3.60. The van der Waals surface area contributed by atoms with Crippen molar-refractivity contribution in [1.82, 2.24) is 5.32 Å². The summed E-state index contributed by atoms with van der Waals surface area (Å²) in [6.07, 6.45) is 4.05. The summed E-state index contributed by atoms with van der Waals surface area (Å²) in [6.45, 7) is 0. The number of esters is 1. The van der Waals surface area contributed by atoms with E-state index in [-0.39, 0.29) is 23.4 Å². The number of hydrogen-bond acceptors (Lipinski definition) is 3. The summed E-state index contributed by atoms with van der Waals surface area (Å²) in [6, 6.07) is 10.4. The van der Waals surface area contributed by atoms with Crippen molar-refractivity contribution >= 4 is 35.1 Å². The monoisotopic (exact) mass is 421 g/mol. The Hall–Kier alpha value is -2.37. The van der Waals surface area contributed by atoms with Gasteiger partial charge in [-0.15, -0.1) is 0 Å². The second kappa shape index (κ2) is 8.76. The van der Waals surface area contributed by atoms with E-state index >= 15 is 0 Å². The number of benzene rings is 2. The molecule has 3 rings (SSSR count). The molecule has 0 aliphatic heterocycles. The van der Waals surface area contributed by atoms with Crippen LogP contribution in [-0.4, -0.2) is 25.0 Å². The van der Waals surface area contributed by atoms with Crippen LogP contribution in [0, 0.1) is 11.7 Å². The van der Waals surface area contributed by atoms with Crippen LogP contribution in [0.1, 0.15) is 28.3 Å². The molecule has 0 radical (unpaired) electrons. The van der Waals surface area contributed by atoms with Crippen molar-refractivity contribution in [2.75, 3.05) is 7.11 Å². The van der Waals surface area contributed by atoms with Crippen LogP contribution in [0.2, 0.25) is 10.0 Å². The van der Waals surface area contributed by atoms with Crippen LogP contribution in [-0.2, 0) is 9.53 Å². The predicted octanol–water partition coefficient (Wildman–Crippen LogP) is 4.76. The maximum Gasteiger partial charge on any atom is 0.313 e. The normalized spacial score (nSPS) is 19.3. The summed E-state index contributed by atoms with van der Waals surface area (Å²) in [7, 11) is 1.27. The van der Waals surface area contributed by atoms with Gasteiger partial charge in [0.25, 0.3) is 5.91 Å². The Morgan fingerprint density at radius 3 is 2.46 bits per heavy atom. The van der Waals surface area contributed by atoms with Crippen LogP contribution < -0.4 is 5.32 Å². The maximum atomic E-state index is 14.3. The van der Waals surface area contributed by atoms with Crippen molar-refractivity contribution in [2.24, 2.45) is 5.92 Å². The number of carbonyl (C=O) groups excluding carboxylic acids is 2. The zero-order chi connectivity index (χ0) is 20.3. The molecule has 4 nitrogen and oxygen atoms in total. The molecule has 1 aliphatic rings. The van der Waals surface area contributed by atoms with E-state index in [9.17, 15) is 14.0 Å². The first-order valence-corrected chi connectivity index (χ1v) is 9.42. The van der Waals surface area contributed by atoms with Crippen LogP contribution >= 0.6 is 23.2 Å². The Labute approximate surface area is 172 Å². The second-order valence-corrected chi connectivity index (χ2v) is 7.42. The van der Waals surface area contributed by atoms with Crippen molar-refractivity contribution < 1.29 is 18.7 Å². The molecule has 0 aromatic heterocycles. The fourth-order valence-corrected chi connectivity index (χ4v) is 3.93. The van der Waals surface area contributed by atoms with Gasteiger partial charge in [0.1, 0.15) is 5.82 Å². The molecule has 1 aliphatic carbocycles. The molecule has 0 fully saturated rings. The summed E-state index contributed by atoms with van der Waals surface area (Å²) in [5.74, 6) is -2.41. The third-order valence-electron chi connectivity index (χ3n) is 4.68. The molecule has 2 aromatic carbocycles. The van der Waals surface area contributed by atoms with Gasteiger partial charge >= 0.3 is 5.97 Å². The lowest BCUT2D eigenvalue weighted by Gasteiger charge is -2.22. The summed E-state index contributed by atoms with van der Waals surface area (Å²) in [5.41, 5.74) is 0.616. The molecule has 28 heavy (non-hydrogen) atoms. The highest BCUT2D eigenvalue weighted by atomic mass is 35.5. The average molecular weight is 422 g/mol. The molecule has 1 N–H and O–H groups in total. The minimum Gasteiger partial charge on any atom is -0.469 e. The first-order valence-electron chi connectivity index (χ1n) is 8.66. The Morgan fingerprint density at radius 1 is 1.14 bits per heavy atom. The van der Waals surface area contributed by atoms with E-state index in [1.165, 1.54) is 25.3 Å². The standard InChI is InChI=1S/C21H18Cl2FNO3/c1-28-21(27)19(17-4-2-3-5-18(17)24)12-6-7-16(10-12)25-20(26)13-8-14(22)11-15(23)9-13/h2-9,11-12,16,19H,10H2,1H3,(H,25,26)/t12-,16-,19+/m1/s1. The number of methoxy groups -OCH3 is 1. The summed E-state index contributed by atoms with van der Waals surface area (Å²) in [4.78, 5) is 24.8. The SMILES string of the molecule is COC(=O)[C@H](c1ccccc1F)[C@@H]1C=C[C@@H](NC(=O)c2cc(Cl)cc(Cl)c2)C1. The number of carbonyl (C=O) groups is 2. The highest BCUT2D eigenvalue weighted by molar-refractivity contribution is 6.35. The van der Waals surface area contributed by atoms with E-state index in [1.807, 2.05) is 6.08 Å². The molecule has 0 saturated heterocycles. The number of nitrogens with one attached hydrogen (secondary N) is 1. The Balaban J connectivity index is 1.74. The van der Waals surface area contributed by atoms with Gasteiger partial charge in [-0.25, -0.2) is 4.39 Å². The lowest BCUT2D eigenvalue weighted by molar-refractivity contribution is -0.143. The Morgan fingerprint density at radius 2 is 1.82 bits per heavy atom. The molecule has 1 amide bonds. The van der Waals surface area contributed by atoms with Crippen molar-refractivity contribution in [1.29, 1.82) is 0 Å². The molecule has 146 valence electrons. The number of ether oxygens (including phenoxy) is 1. The van der Waals surface area contributed by atoms with Gasteiger partial charge in [-0.1, -0.05) is 53.6 Å². The zero-order valence-electron chi connectivity index (χ0n) is 15.0. The second-order valence-electron chi connectivity index (χ2n) is 6.54. The molecular formula is C21H18Cl2FNO3. The third-order valence-corrected chi connectivity index (χ3v) is 5.12. The van der Waals surface area contributed by atoms with E-state index in [4.69, 9.17) is 27.9 Å². The molecule has 0 heterocycles. The third kappa shape index (κ3) is 4.54. The first-order chi connectivity index (χ1) is 13.4. The smallest absolute Gasteiger partial charge is 0.313 e. The number of halogens is 3. The lowest BCUT2D eigenvalue weighted by atomic mass is 9.85. The zero-order valence-corrected chi connectivity index (χ0v) is 16.5. The van der Waals surface area contributed by atoms with Crippen LogP contribution in [0.5, 0.6) is 0 Å². The van der Waals surface area contributed by atoms with Gasteiger partial charge in [0, 0.05) is 27.2 Å². The Kier molecular flexibility index (Phi) is 6.37. The average Bonchev–Trinajstić information content (AvgIpc) is 3.10. The molecule has 0 unspecified atom stereocenters. The van der Waals surface area contributed by atoms with Gasteiger partial charge in [-0.3, -0.25) is 9.59 Å². The van der Waals surface area contributed by atoms with Gasteiger partial charge in [0.2, 0.25) is 0 Å². The minimum absolute atomic E-state index is 0.276. The van der Waals surface area contributed by atoms with Gasteiger partial charge < -0.3 is 10.1 Å². The first kappa shape index (κ1) is 20.4. The van der Waals surface area contributed by atoms with Crippen LogP contribution in [0.15, 0.2) is 54.6 Å². The number of allylic oxidation sites excluding steroid dienone is 1. The van der Waals surface area contributed by atoms with Crippen LogP contribution in [0.25, 0.3) is 0 Å². The van der Waals surface area contributed by atoms with Crippen molar-refractivity contribution in [3.05, 3.63) is 81.6 Å². The number of rotatable bonds is 5. The van der Waals surface area contributed by atoms with E-state index in [2.05, 4.69) is 5.32 Å². The van der Waals surface area contributed by atoms with Crippen molar-refractivity contribution in [2.45, 2.75) is 18.4 Å². The number of amides is 1. The molecule has 0 bridgehead atoms. The van der Waals surface area contributed by atoms with E-state index < -0.39 is 17.7 Å². The fraction of sp³-hybridized carbons (Fsp3) is 0.238. The van der Waals surface area contributed by atoms with Gasteiger partial charge in [0.05, 0.1) is 13.0 Å². The topological polar surface area (TPSA) is 55.4 Å². The summed E-state index contributed by atoms with van der Waals surface area (Å²) >= 11 is 11.9. The fourth-order valence-electron chi connectivity index (χ4n) is 3.40. The molecule has 7 heteroatoms. The Bertz CT molecular complexity index is 911. The van der Waals surface area contributed by atoms with E-state index in [0.717, 1.165) is 0 Å². The molecule has 0 saturated carbocycles. The minimum atomic E-state index is -0.787. The molecule has 2 aromatic rings. The highest BCUT2D eigenvalue weighted by Gasteiger charge is 2.35. The van der Waals surface area contributed by atoms with Gasteiger partial charge in [-0.05, 0) is 36.6 Å². The predicted molar refractivity (Wildman–Crippen MR) is 106 cm³/mol. The van der Waals surface area contributed by atoms with Crippen LogP contribution in [0.4, 0.5) is 4.39 Å². The molecule has 3 atom stereocenters. The highest BCUT2D eigenvalue weighted by Crippen LogP contribution is 2.35. The van der Waals surface area contributed by atoms with E-state index in [1.54, 1.807) is 30.3 Å². The maximum absolute atomic E-state index is 14.3. The molecular weight excluding hydrogens is 404 g/mol. The number of hydrogen-bond donors (Lipinski definition) is 1.